The lowest BCUT2D eigenvalue weighted by Crippen LogP contribution is -2.37. The Kier molecular flexibility index (Phi) is 4.14. The first-order chi connectivity index (χ1) is 10.1. The number of nitrogens with one attached hydrogen (secondary N) is 1. The van der Waals surface area contributed by atoms with E-state index in [1.165, 1.54) is 30.3 Å². The lowest BCUT2D eigenvalue weighted by Gasteiger charge is -2.38. The zero-order valence-corrected chi connectivity index (χ0v) is 13.3. The number of hydrogen-bond donors (Lipinski definition) is 1. The summed E-state index contributed by atoms with van der Waals surface area (Å²) in [4.78, 5) is 4.40. The molecule has 1 aliphatic carbocycles. The highest BCUT2D eigenvalue weighted by Gasteiger charge is 2.30. The van der Waals surface area contributed by atoms with Crippen LogP contribution in [0.1, 0.15) is 40.0 Å². The molecule has 0 aliphatic heterocycles. The fourth-order valence-corrected chi connectivity index (χ4v) is 3.75. The topological polar surface area (TPSA) is 24.9 Å². The second-order valence-electron chi connectivity index (χ2n) is 6.99. The van der Waals surface area contributed by atoms with Gasteiger partial charge in [-0.15, -0.1) is 0 Å². The van der Waals surface area contributed by atoms with Gasteiger partial charge < -0.3 is 5.32 Å². The van der Waals surface area contributed by atoms with Crippen molar-refractivity contribution in [3.63, 3.8) is 0 Å². The maximum absolute atomic E-state index is 4.40. The van der Waals surface area contributed by atoms with Crippen molar-refractivity contribution in [2.75, 3.05) is 5.32 Å². The molecule has 0 radical (unpaired) electrons. The van der Waals surface area contributed by atoms with Crippen molar-refractivity contribution < 1.29 is 0 Å². The lowest BCUT2D eigenvalue weighted by atomic mass is 9.74. The molecule has 2 aromatic rings. The first-order valence-electron chi connectivity index (χ1n) is 8.25. The fourth-order valence-electron chi connectivity index (χ4n) is 3.75. The summed E-state index contributed by atoms with van der Waals surface area (Å²) in [6, 6.07) is 11.3. The van der Waals surface area contributed by atoms with E-state index in [4.69, 9.17) is 0 Å². The van der Waals surface area contributed by atoms with E-state index in [0.29, 0.717) is 6.04 Å². The van der Waals surface area contributed by atoms with E-state index in [0.717, 1.165) is 23.3 Å². The molecule has 1 aliphatic rings. The van der Waals surface area contributed by atoms with Gasteiger partial charge in [0.15, 0.2) is 0 Å². The van der Waals surface area contributed by atoms with Gasteiger partial charge in [0.25, 0.3) is 0 Å². The highest BCUT2D eigenvalue weighted by atomic mass is 14.9. The summed E-state index contributed by atoms with van der Waals surface area (Å²) < 4.78 is 0. The number of pyridine rings is 1. The standard InChI is InChI=1S/C19H26N2/c1-13(2)17-8-6-14(3)11-19(17)21-16-7-9-18-15(12-16)5-4-10-20-18/h4-5,7,9-10,12-14,17,19,21H,6,8,11H2,1-3H3. The average Bonchev–Trinajstić information content (AvgIpc) is 2.47. The van der Waals surface area contributed by atoms with Crippen molar-refractivity contribution in [1.82, 2.24) is 4.98 Å². The molecule has 1 N–H and O–H groups in total. The van der Waals surface area contributed by atoms with Crippen LogP contribution in [0.25, 0.3) is 10.9 Å². The van der Waals surface area contributed by atoms with E-state index in [-0.39, 0.29) is 0 Å². The Morgan fingerprint density at radius 3 is 2.86 bits per heavy atom. The molecule has 1 aromatic carbocycles. The molecule has 2 nitrogen and oxygen atoms in total. The maximum atomic E-state index is 4.40. The van der Waals surface area contributed by atoms with Crippen LogP contribution in [-0.4, -0.2) is 11.0 Å². The van der Waals surface area contributed by atoms with Crippen LogP contribution < -0.4 is 5.32 Å². The van der Waals surface area contributed by atoms with E-state index >= 15 is 0 Å². The molecule has 1 fully saturated rings. The molecule has 0 saturated heterocycles. The Morgan fingerprint density at radius 1 is 1.19 bits per heavy atom. The second-order valence-corrected chi connectivity index (χ2v) is 6.99. The summed E-state index contributed by atoms with van der Waals surface area (Å²) in [5.41, 5.74) is 2.31. The molecule has 21 heavy (non-hydrogen) atoms. The van der Waals surface area contributed by atoms with Crippen LogP contribution in [0.5, 0.6) is 0 Å². The van der Waals surface area contributed by atoms with E-state index in [2.05, 4.69) is 55.3 Å². The molecule has 3 unspecified atom stereocenters. The average molecular weight is 282 g/mol. The highest BCUT2D eigenvalue weighted by Crippen LogP contribution is 2.35. The highest BCUT2D eigenvalue weighted by molar-refractivity contribution is 5.82. The van der Waals surface area contributed by atoms with Crippen molar-refractivity contribution in [3.8, 4) is 0 Å². The van der Waals surface area contributed by atoms with Gasteiger partial charge in [0, 0.05) is 23.3 Å². The van der Waals surface area contributed by atoms with Crippen LogP contribution >= 0.6 is 0 Å². The minimum absolute atomic E-state index is 0.600. The van der Waals surface area contributed by atoms with Gasteiger partial charge in [0.2, 0.25) is 0 Å². The normalized spacial score (nSPS) is 26.2. The predicted molar refractivity (Wildman–Crippen MR) is 90.5 cm³/mol. The van der Waals surface area contributed by atoms with Gasteiger partial charge in [-0.05, 0) is 54.9 Å². The van der Waals surface area contributed by atoms with E-state index in [1.807, 2.05) is 12.3 Å². The van der Waals surface area contributed by atoms with E-state index in [1.54, 1.807) is 0 Å². The molecule has 2 heteroatoms. The van der Waals surface area contributed by atoms with Crippen LogP contribution in [0.3, 0.4) is 0 Å². The Bertz CT molecular complexity index is 605. The van der Waals surface area contributed by atoms with Gasteiger partial charge in [-0.1, -0.05) is 33.3 Å². The predicted octanol–water partition coefficient (Wildman–Crippen LogP) is 5.11. The summed E-state index contributed by atoms with van der Waals surface area (Å²) in [5.74, 6) is 2.36. The van der Waals surface area contributed by atoms with Crippen LogP contribution in [0.2, 0.25) is 0 Å². The fraction of sp³-hybridized carbons (Fsp3) is 0.526. The van der Waals surface area contributed by atoms with Crippen molar-refractivity contribution in [1.29, 1.82) is 0 Å². The quantitative estimate of drug-likeness (QED) is 0.846. The molecule has 3 rings (SSSR count). The van der Waals surface area contributed by atoms with Gasteiger partial charge >= 0.3 is 0 Å². The van der Waals surface area contributed by atoms with Crippen molar-refractivity contribution in [3.05, 3.63) is 36.5 Å². The summed E-state index contributed by atoms with van der Waals surface area (Å²) >= 11 is 0. The third-order valence-corrected chi connectivity index (χ3v) is 4.98. The van der Waals surface area contributed by atoms with Crippen LogP contribution in [0.4, 0.5) is 5.69 Å². The van der Waals surface area contributed by atoms with Gasteiger partial charge in [-0.25, -0.2) is 0 Å². The largest absolute Gasteiger partial charge is 0.382 e. The number of fused-ring (bicyclic) bond motifs is 1. The first-order valence-corrected chi connectivity index (χ1v) is 8.25. The molecule has 3 atom stereocenters. The number of rotatable bonds is 3. The minimum Gasteiger partial charge on any atom is -0.382 e. The summed E-state index contributed by atoms with van der Waals surface area (Å²) in [5, 5.41) is 5.02. The molecule has 0 amide bonds. The van der Waals surface area contributed by atoms with Gasteiger partial charge in [-0.2, -0.15) is 0 Å². The van der Waals surface area contributed by atoms with Gasteiger partial charge in [0.1, 0.15) is 0 Å². The smallest absolute Gasteiger partial charge is 0.0703 e. The number of nitrogens with zero attached hydrogens (tertiary/aromatic N) is 1. The zero-order chi connectivity index (χ0) is 14.8. The van der Waals surface area contributed by atoms with Gasteiger partial charge in [0.05, 0.1) is 5.52 Å². The van der Waals surface area contributed by atoms with Crippen molar-refractivity contribution in [2.45, 2.75) is 46.1 Å². The van der Waals surface area contributed by atoms with Crippen LogP contribution in [0, 0.1) is 17.8 Å². The molecule has 1 saturated carbocycles. The number of hydrogen-bond acceptors (Lipinski definition) is 2. The Hall–Kier alpha value is -1.57. The Labute approximate surface area is 128 Å². The molecule has 112 valence electrons. The zero-order valence-electron chi connectivity index (χ0n) is 13.3. The molecule has 1 aromatic heterocycles. The molecular weight excluding hydrogens is 256 g/mol. The van der Waals surface area contributed by atoms with Crippen LogP contribution in [-0.2, 0) is 0 Å². The van der Waals surface area contributed by atoms with Crippen LogP contribution in [0.15, 0.2) is 36.5 Å². The second kappa shape index (κ2) is 6.05. The first kappa shape index (κ1) is 14.4. The monoisotopic (exact) mass is 282 g/mol. The molecule has 1 heterocycles. The Morgan fingerprint density at radius 2 is 2.05 bits per heavy atom. The summed E-state index contributed by atoms with van der Waals surface area (Å²) in [7, 11) is 0. The molecule has 0 bridgehead atoms. The van der Waals surface area contributed by atoms with E-state index < -0.39 is 0 Å². The minimum atomic E-state index is 0.600. The SMILES string of the molecule is CC1CCC(C(C)C)C(Nc2ccc3ncccc3c2)C1. The third-order valence-electron chi connectivity index (χ3n) is 4.98. The van der Waals surface area contributed by atoms with Gasteiger partial charge in [-0.3, -0.25) is 4.98 Å². The molecule has 0 spiro atoms. The third kappa shape index (κ3) is 3.20. The van der Waals surface area contributed by atoms with E-state index in [9.17, 15) is 0 Å². The summed E-state index contributed by atoms with van der Waals surface area (Å²) in [6.07, 6.45) is 5.87. The number of aromatic nitrogens is 1. The number of anilines is 1. The maximum Gasteiger partial charge on any atom is 0.0703 e. The number of benzene rings is 1. The summed E-state index contributed by atoms with van der Waals surface area (Å²) in [6.45, 7) is 7.11. The molecular formula is C19H26N2. The van der Waals surface area contributed by atoms with Crippen molar-refractivity contribution >= 4 is 16.6 Å². The van der Waals surface area contributed by atoms with Crippen molar-refractivity contribution in [2.24, 2.45) is 17.8 Å². The lowest BCUT2D eigenvalue weighted by molar-refractivity contribution is 0.212. The Balaban J connectivity index is 1.81.